The summed E-state index contributed by atoms with van der Waals surface area (Å²) >= 11 is -3.10. The molecule has 0 spiro atoms. The second-order valence-electron chi connectivity index (χ2n) is 14.6. The summed E-state index contributed by atoms with van der Waals surface area (Å²) in [5.41, 5.74) is 4.92. The maximum absolute atomic E-state index is 3.10. The van der Waals surface area contributed by atoms with Gasteiger partial charge in [0.05, 0.1) is 0 Å². The number of hydrogen-bond donors (Lipinski definition) is 0. The van der Waals surface area contributed by atoms with Crippen LogP contribution in [-0.4, -0.2) is 6.88 Å². The van der Waals surface area contributed by atoms with Crippen molar-refractivity contribution < 1.29 is 17.4 Å². The van der Waals surface area contributed by atoms with E-state index in [1.807, 2.05) is 11.1 Å². The fourth-order valence-corrected chi connectivity index (χ4v) is 34.9. The minimum absolute atomic E-state index is 0. The maximum Gasteiger partial charge on any atom is -0.147 e. The van der Waals surface area contributed by atoms with Gasteiger partial charge in [0.1, 0.15) is 0 Å². The maximum atomic E-state index is 2.91. The van der Waals surface area contributed by atoms with E-state index in [0.29, 0.717) is 10.8 Å². The Morgan fingerprint density at radius 2 is 1.09 bits per heavy atom. The van der Waals surface area contributed by atoms with E-state index in [1.54, 1.807) is 0 Å². The fourth-order valence-electron chi connectivity index (χ4n) is 9.62. The molecule has 4 heteroatoms. The van der Waals surface area contributed by atoms with Gasteiger partial charge >= 0.3 is 192 Å². The molecule has 0 aromatic carbocycles. The van der Waals surface area contributed by atoms with E-state index >= 15 is 0 Å². The topological polar surface area (TPSA) is 0 Å². The second-order valence-corrected chi connectivity index (χ2v) is 45.3. The Kier molecular flexibility index (Phi) is 8.78. The molecule has 0 heterocycles. The van der Waals surface area contributed by atoms with E-state index in [-0.39, 0.29) is 24.8 Å². The molecular weight excluding hydrogens is 527 g/mol. The van der Waals surface area contributed by atoms with Gasteiger partial charge in [-0.15, -0.1) is 24.8 Å². The summed E-state index contributed by atoms with van der Waals surface area (Å²) in [6.07, 6.45) is 16.8. The molecule has 2 fully saturated rings. The predicted octanol–water partition coefficient (Wildman–Crippen LogP) is 9.33. The zero-order valence-electron chi connectivity index (χ0n) is 22.3. The van der Waals surface area contributed by atoms with Crippen molar-refractivity contribution in [3.63, 3.8) is 0 Å². The SMILES string of the molecule is CC1CC2C(=CCCCC2(C)C)[CH]1[Zr]([CH3])([CH3])(=[SiH2])[CH]1C2=CCCCC(C)(C)C2CC1C.Cl.Cl. The van der Waals surface area contributed by atoms with Crippen molar-refractivity contribution in [1.82, 2.24) is 0 Å². The zero-order chi connectivity index (χ0) is 22.1. The molecule has 0 N–H and O–H groups in total. The Morgan fingerprint density at radius 1 is 0.750 bits per heavy atom. The monoisotopic (exact) mass is 576 g/mol. The number of fused-ring (bicyclic) bond motifs is 2. The van der Waals surface area contributed by atoms with Crippen LogP contribution in [0.15, 0.2) is 23.3 Å². The van der Waals surface area contributed by atoms with Crippen molar-refractivity contribution in [1.29, 1.82) is 0 Å². The molecule has 0 aromatic heterocycles. The molecule has 0 aliphatic heterocycles. The van der Waals surface area contributed by atoms with Crippen molar-refractivity contribution in [3.05, 3.63) is 23.3 Å². The summed E-state index contributed by atoms with van der Waals surface area (Å²) in [7, 11) is 0. The minimum Gasteiger partial charge on any atom is -0.147 e. The molecule has 186 valence electrons. The van der Waals surface area contributed by atoms with Crippen molar-refractivity contribution in [3.8, 4) is 0 Å². The van der Waals surface area contributed by atoms with E-state index < -0.39 is 17.4 Å². The first-order valence-corrected chi connectivity index (χ1v) is 26.9. The molecule has 0 bridgehead atoms. The first-order chi connectivity index (χ1) is 13.7. The third-order valence-electron chi connectivity index (χ3n) is 10.6. The zero-order valence-corrected chi connectivity index (χ0v) is 27.8. The van der Waals surface area contributed by atoms with E-state index in [2.05, 4.69) is 69.8 Å². The Bertz CT molecular complexity index is 768. The van der Waals surface area contributed by atoms with Gasteiger partial charge in [-0.3, -0.25) is 0 Å². The van der Waals surface area contributed by atoms with Crippen LogP contribution >= 0.6 is 24.8 Å². The summed E-state index contributed by atoms with van der Waals surface area (Å²) in [5.74, 6) is 3.49. The van der Waals surface area contributed by atoms with E-state index in [0.717, 1.165) is 30.9 Å². The number of rotatable bonds is 2. The van der Waals surface area contributed by atoms with E-state index in [1.165, 1.54) is 51.4 Å². The molecule has 4 rings (SSSR count). The Labute approximate surface area is 214 Å². The molecule has 0 aromatic rings. The number of hydrogen-bond acceptors (Lipinski definition) is 0. The predicted molar refractivity (Wildman–Crippen MR) is 148 cm³/mol. The summed E-state index contributed by atoms with van der Waals surface area (Å²) in [6.45, 7) is 18.3. The largest absolute Gasteiger partial charge is 0.147 e. The summed E-state index contributed by atoms with van der Waals surface area (Å²) in [5, 5.41) is 0. The molecule has 32 heavy (non-hydrogen) atoms. The molecule has 6 unspecified atom stereocenters. The molecule has 0 amide bonds. The van der Waals surface area contributed by atoms with Crippen LogP contribution in [0.1, 0.15) is 92.9 Å². The van der Waals surface area contributed by atoms with Gasteiger partial charge in [0, 0.05) is 0 Å². The normalized spacial score (nSPS) is 38.7. The molecule has 0 nitrogen and oxygen atoms in total. The molecule has 0 radical (unpaired) electrons. The number of allylic oxidation sites excluding steroid dienone is 4. The van der Waals surface area contributed by atoms with Gasteiger partial charge in [-0.25, -0.2) is 0 Å². The van der Waals surface area contributed by atoms with Gasteiger partial charge in [0.15, 0.2) is 0 Å². The van der Waals surface area contributed by atoms with E-state index in [9.17, 15) is 0 Å². The van der Waals surface area contributed by atoms with Crippen molar-refractivity contribution in [2.24, 2.45) is 34.5 Å². The van der Waals surface area contributed by atoms with Crippen molar-refractivity contribution >= 4 is 31.7 Å². The van der Waals surface area contributed by atoms with Gasteiger partial charge in [-0.05, 0) is 0 Å². The molecule has 6 atom stereocenters. The van der Waals surface area contributed by atoms with Crippen LogP contribution in [0.3, 0.4) is 0 Å². The van der Waals surface area contributed by atoms with Crippen molar-refractivity contribution in [2.45, 2.75) is 109 Å². The first-order valence-electron chi connectivity index (χ1n) is 13.2. The van der Waals surface area contributed by atoms with Crippen LogP contribution in [-0.2, 0) is 17.4 Å². The van der Waals surface area contributed by atoms with Crippen LogP contribution in [0.25, 0.3) is 0 Å². The average molecular weight is 579 g/mol. The van der Waals surface area contributed by atoms with Crippen LogP contribution < -0.4 is 0 Å². The quantitative estimate of drug-likeness (QED) is 0.226. The Morgan fingerprint density at radius 3 is 1.44 bits per heavy atom. The molecule has 0 saturated heterocycles. The summed E-state index contributed by atoms with van der Waals surface area (Å²) in [6, 6.07) is 0. The van der Waals surface area contributed by atoms with Crippen molar-refractivity contribution in [2.75, 3.05) is 0 Å². The van der Waals surface area contributed by atoms with Crippen LogP contribution in [0, 0.1) is 34.5 Å². The van der Waals surface area contributed by atoms with Gasteiger partial charge < -0.3 is 0 Å². The molecule has 2 saturated carbocycles. The van der Waals surface area contributed by atoms with Gasteiger partial charge in [-0.1, -0.05) is 0 Å². The first kappa shape index (κ1) is 29.4. The second kappa shape index (κ2) is 9.56. The molecular formula is C28H52Cl2SiZr. The number of halogens is 2. The van der Waals surface area contributed by atoms with Gasteiger partial charge in [0.25, 0.3) is 0 Å². The fraction of sp³-hybridized carbons (Fsp3) is 0.857. The Balaban J connectivity index is 0.00000181. The van der Waals surface area contributed by atoms with E-state index in [4.69, 9.17) is 0 Å². The standard InChI is InChI=1S/2C13H21.2CH3.2ClH.H2Si.Zr/c2*1-10-8-11-6-4-5-7-13(2,3)12(11)9-10;;;;;;/h2*6,8,10,12H,4-5,7,9H2,1-3H3;2*1H3;2*1H;1H2;. The molecule has 4 aliphatic carbocycles. The minimum atomic E-state index is -3.10. The van der Waals surface area contributed by atoms with Crippen LogP contribution in [0.5, 0.6) is 0 Å². The molecule has 4 aliphatic rings. The summed E-state index contributed by atoms with van der Waals surface area (Å²) < 4.78 is 7.69. The Hall–Kier alpha value is 1.16. The third-order valence-corrected chi connectivity index (χ3v) is 30.3. The van der Waals surface area contributed by atoms with Gasteiger partial charge in [0.2, 0.25) is 0 Å². The van der Waals surface area contributed by atoms with Crippen LogP contribution in [0.4, 0.5) is 0 Å². The van der Waals surface area contributed by atoms with Gasteiger partial charge in [-0.2, -0.15) is 0 Å². The average Bonchev–Trinajstić information content (AvgIpc) is 3.05. The third kappa shape index (κ3) is 4.76. The van der Waals surface area contributed by atoms with Crippen LogP contribution in [0.2, 0.25) is 16.5 Å². The smallest absolute Gasteiger partial charge is 0.147 e. The summed E-state index contributed by atoms with van der Waals surface area (Å²) in [4.78, 5) is 0.